The highest BCUT2D eigenvalue weighted by Crippen LogP contribution is 2.40. The molecule has 1 aliphatic heterocycles. The van der Waals surface area contributed by atoms with E-state index in [1.807, 2.05) is 48.7 Å². The van der Waals surface area contributed by atoms with Gasteiger partial charge in [-0.3, -0.25) is 0 Å². The predicted molar refractivity (Wildman–Crippen MR) is 116 cm³/mol. The molecule has 0 aliphatic carbocycles. The molecule has 3 aromatic carbocycles. The summed E-state index contributed by atoms with van der Waals surface area (Å²) in [6.07, 6.45) is 2.56. The van der Waals surface area contributed by atoms with E-state index in [2.05, 4.69) is 11.1 Å². The van der Waals surface area contributed by atoms with Crippen LogP contribution >= 0.6 is 0 Å². The molecule has 4 nitrogen and oxygen atoms in total. The van der Waals surface area contributed by atoms with Crippen LogP contribution < -0.4 is 0 Å². The number of hydrogen-bond acceptors (Lipinski definition) is 2. The van der Waals surface area contributed by atoms with Gasteiger partial charge in [-0.25, -0.2) is 12.8 Å². The van der Waals surface area contributed by atoms with Crippen molar-refractivity contribution in [2.75, 3.05) is 6.54 Å². The minimum Gasteiger partial charge on any atom is -0.361 e. The number of rotatable bonds is 4. The van der Waals surface area contributed by atoms with Crippen molar-refractivity contribution < 1.29 is 12.8 Å². The lowest BCUT2D eigenvalue weighted by molar-refractivity contribution is 0.345. The highest BCUT2D eigenvalue weighted by molar-refractivity contribution is 7.88. The third-order valence-electron chi connectivity index (χ3n) is 5.75. The average molecular weight is 421 g/mol. The first kappa shape index (κ1) is 19.0. The standard InChI is InChI=1S/C24H21FN2O2S/c25-19-8-5-6-17(14-19)16-30(28,29)27-13-12-18-7-1-2-9-20(18)24(27)22-15-26-23-11-4-3-10-21(22)23/h1-11,14-15,24,26H,12-13,16H2/t24-/m1/s1. The Labute approximate surface area is 175 Å². The van der Waals surface area contributed by atoms with Gasteiger partial charge in [0.25, 0.3) is 0 Å². The van der Waals surface area contributed by atoms with Crippen molar-refractivity contribution in [1.29, 1.82) is 0 Å². The zero-order chi connectivity index (χ0) is 20.7. The van der Waals surface area contributed by atoms with E-state index in [9.17, 15) is 12.8 Å². The molecular formula is C24H21FN2O2S. The van der Waals surface area contributed by atoms with Gasteiger partial charge in [0.2, 0.25) is 10.0 Å². The maximum atomic E-state index is 13.6. The van der Waals surface area contributed by atoms with Gasteiger partial charge in [-0.2, -0.15) is 4.31 Å². The third-order valence-corrected chi connectivity index (χ3v) is 7.56. The van der Waals surface area contributed by atoms with Crippen molar-refractivity contribution in [3.05, 3.63) is 107 Å². The highest BCUT2D eigenvalue weighted by atomic mass is 32.2. The van der Waals surface area contributed by atoms with Crippen LogP contribution in [0.4, 0.5) is 4.39 Å². The zero-order valence-electron chi connectivity index (χ0n) is 16.3. The summed E-state index contributed by atoms with van der Waals surface area (Å²) in [6.45, 7) is 0.388. The van der Waals surface area contributed by atoms with Crippen molar-refractivity contribution in [1.82, 2.24) is 9.29 Å². The quantitative estimate of drug-likeness (QED) is 0.516. The Morgan fingerprint density at radius 3 is 2.63 bits per heavy atom. The van der Waals surface area contributed by atoms with Crippen molar-refractivity contribution in [3.8, 4) is 0 Å². The lowest BCUT2D eigenvalue weighted by Gasteiger charge is -2.36. The van der Waals surface area contributed by atoms with Gasteiger partial charge in [0, 0.05) is 29.2 Å². The molecule has 0 bridgehead atoms. The number of hydrogen-bond donors (Lipinski definition) is 1. The summed E-state index contributed by atoms with van der Waals surface area (Å²) >= 11 is 0. The number of nitrogens with zero attached hydrogens (tertiary/aromatic N) is 1. The first-order valence-corrected chi connectivity index (χ1v) is 11.5. The average Bonchev–Trinajstić information content (AvgIpc) is 3.16. The van der Waals surface area contributed by atoms with Gasteiger partial charge in [-0.1, -0.05) is 54.6 Å². The molecule has 6 heteroatoms. The van der Waals surface area contributed by atoms with E-state index < -0.39 is 21.9 Å². The Kier molecular flexibility index (Phi) is 4.68. The number of fused-ring (bicyclic) bond motifs is 2. The normalized spacial score (nSPS) is 17.2. The number of halogens is 1. The van der Waals surface area contributed by atoms with Gasteiger partial charge < -0.3 is 4.98 Å². The van der Waals surface area contributed by atoms with Crippen LogP contribution in [-0.2, 0) is 22.2 Å². The van der Waals surface area contributed by atoms with Crippen LogP contribution in [0, 0.1) is 5.82 Å². The highest BCUT2D eigenvalue weighted by Gasteiger charge is 2.37. The molecule has 1 N–H and O–H groups in total. The maximum Gasteiger partial charge on any atom is 0.219 e. The summed E-state index contributed by atoms with van der Waals surface area (Å²) in [5, 5.41) is 1.00. The van der Waals surface area contributed by atoms with Gasteiger partial charge in [0.15, 0.2) is 0 Å². The molecule has 152 valence electrons. The second-order valence-corrected chi connectivity index (χ2v) is 9.56. The number of H-pyrrole nitrogens is 1. The molecule has 1 aromatic heterocycles. The number of aromatic nitrogens is 1. The molecule has 0 fully saturated rings. The van der Waals surface area contributed by atoms with Crippen molar-refractivity contribution in [3.63, 3.8) is 0 Å². The molecular weight excluding hydrogens is 399 g/mol. The Morgan fingerprint density at radius 1 is 0.967 bits per heavy atom. The van der Waals surface area contributed by atoms with Crippen LogP contribution in [0.25, 0.3) is 10.9 Å². The van der Waals surface area contributed by atoms with Crippen LogP contribution in [0.5, 0.6) is 0 Å². The molecule has 1 atom stereocenters. The van der Waals surface area contributed by atoms with E-state index in [-0.39, 0.29) is 5.75 Å². The molecule has 0 saturated carbocycles. The zero-order valence-corrected chi connectivity index (χ0v) is 17.1. The number of para-hydroxylation sites is 1. The van der Waals surface area contributed by atoms with Crippen molar-refractivity contribution >= 4 is 20.9 Å². The van der Waals surface area contributed by atoms with E-state index in [1.54, 1.807) is 16.4 Å². The first-order chi connectivity index (χ1) is 14.5. The van der Waals surface area contributed by atoms with Crippen LogP contribution in [0.3, 0.4) is 0 Å². The molecule has 1 aliphatic rings. The molecule has 30 heavy (non-hydrogen) atoms. The summed E-state index contributed by atoms with van der Waals surface area (Å²) in [5.41, 5.74) is 4.51. The van der Waals surface area contributed by atoms with Gasteiger partial charge in [0.1, 0.15) is 5.82 Å². The lowest BCUT2D eigenvalue weighted by Crippen LogP contribution is -2.41. The van der Waals surface area contributed by atoms with Crippen molar-refractivity contribution in [2.24, 2.45) is 0 Å². The van der Waals surface area contributed by atoms with Crippen molar-refractivity contribution in [2.45, 2.75) is 18.2 Å². The van der Waals surface area contributed by atoms with E-state index in [4.69, 9.17) is 0 Å². The van der Waals surface area contributed by atoms with Gasteiger partial charge >= 0.3 is 0 Å². The minimum absolute atomic E-state index is 0.230. The van der Waals surface area contributed by atoms with E-state index >= 15 is 0 Å². The summed E-state index contributed by atoms with van der Waals surface area (Å²) in [5.74, 6) is -0.661. The van der Waals surface area contributed by atoms with Crippen LogP contribution in [0.2, 0.25) is 0 Å². The molecule has 0 radical (unpaired) electrons. The topological polar surface area (TPSA) is 53.2 Å². The third kappa shape index (κ3) is 3.32. The van der Waals surface area contributed by atoms with Crippen LogP contribution in [0.15, 0.2) is 79.0 Å². The Hall–Kier alpha value is -2.96. The predicted octanol–water partition coefficient (Wildman–Crippen LogP) is 4.78. The summed E-state index contributed by atoms with van der Waals surface area (Å²) in [6, 6.07) is 21.3. The fraction of sp³-hybridized carbons (Fsp3) is 0.167. The Balaban J connectivity index is 1.63. The summed E-state index contributed by atoms with van der Waals surface area (Å²) in [7, 11) is -3.69. The van der Waals surface area contributed by atoms with Gasteiger partial charge in [-0.05, 0) is 41.3 Å². The number of nitrogens with one attached hydrogen (secondary N) is 1. The Morgan fingerprint density at radius 2 is 1.77 bits per heavy atom. The maximum absolute atomic E-state index is 13.6. The largest absolute Gasteiger partial charge is 0.361 e. The second-order valence-electron chi connectivity index (χ2n) is 7.64. The van der Waals surface area contributed by atoms with E-state index in [1.165, 1.54) is 12.1 Å². The molecule has 5 rings (SSSR count). The Bertz CT molecular complexity index is 1330. The first-order valence-electron chi connectivity index (χ1n) is 9.91. The molecule has 2 heterocycles. The molecule has 0 unspecified atom stereocenters. The molecule has 0 amide bonds. The van der Waals surface area contributed by atoms with E-state index in [0.717, 1.165) is 27.6 Å². The minimum atomic E-state index is -3.69. The van der Waals surface area contributed by atoms with Gasteiger partial charge in [0.05, 0.1) is 11.8 Å². The van der Waals surface area contributed by atoms with Crippen LogP contribution in [-0.4, -0.2) is 24.3 Å². The fourth-order valence-corrected chi connectivity index (χ4v) is 6.09. The number of sulfonamides is 1. The lowest BCUT2D eigenvalue weighted by atomic mass is 9.90. The SMILES string of the molecule is O=S(=O)(Cc1cccc(F)c1)N1CCc2ccccc2[C@@H]1c1c[nH]c2ccccc12. The summed E-state index contributed by atoms with van der Waals surface area (Å²) in [4.78, 5) is 3.27. The van der Waals surface area contributed by atoms with Gasteiger partial charge in [-0.15, -0.1) is 0 Å². The summed E-state index contributed by atoms with van der Waals surface area (Å²) < 4.78 is 42.2. The molecule has 0 spiro atoms. The monoisotopic (exact) mass is 420 g/mol. The molecule has 0 saturated heterocycles. The fourth-order valence-electron chi connectivity index (χ4n) is 4.41. The van der Waals surface area contributed by atoms with E-state index in [0.29, 0.717) is 18.5 Å². The molecule has 4 aromatic rings. The van der Waals surface area contributed by atoms with Crippen LogP contribution in [0.1, 0.15) is 28.3 Å². The number of aromatic amines is 1. The number of benzene rings is 3. The smallest absolute Gasteiger partial charge is 0.219 e. The second kappa shape index (κ2) is 7.38.